The van der Waals surface area contributed by atoms with E-state index in [0.29, 0.717) is 10.2 Å². The minimum Gasteiger partial charge on any atom is -0.398 e. The van der Waals surface area contributed by atoms with Crippen molar-refractivity contribution < 1.29 is 8.42 Å². The zero-order chi connectivity index (χ0) is 15.6. The first kappa shape index (κ1) is 16.1. The Bertz CT molecular complexity index is 779. The van der Waals surface area contributed by atoms with E-state index in [-0.39, 0.29) is 15.6 Å². The Balaban J connectivity index is 2.49. The van der Waals surface area contributed by atoms with E-state index >= 15 is 0 Å². The summed E-state index contributed by atoms with van der Waals surface area (Å²) in [5.74, 6) is 0. The number of nitrogens with one attached hydrogen (secondary N) is 1. The average Bonchev–Trinajstić information content (AvgIpc) is 2.43. The number of sulfonamides is 1. The van der Waals surface area contributed by atoms with E-state index < -0.39 is 10.0 Å². The van der Waals surface area contributed by atoms with Gasteiger partial charge in [-0.05, 0) is 46.1 Å². The largest absolute Gasteiger partial charge is 0.398 e. The third-order valence-corrected chi connectivity index (χ3v) is 5.72. The van der Waals surface area contributed by atoms with E-state index in [1.807, 2.05) is 19.1 Å². The number of rotatable bonds is 4. The highest BCUT2D eigenvalue weighted by molar-refractivity contribution is 9.10. The monoisotopic (exact) mass is 388 g/mol. The molecule has 0 saturated carbocycles. The number of nitrogens with two attached hydrogens (primary N) is 1. The molecule has 21 heavy (non-hydrogen) atoms. The van der Waals surface area contributed by atoms with Gasteiger partial charge >= 0.3 is 0 Å². The summed E-state index contributed by atoms with van der Waals surface area (Å²) in [6, 6.07) is 10.1. The Labute approximate surface area is 137 Å². The highest BCUT2D eigenvalue weighted by atomic mass is 79.9. The molecule has 0 aromatic heterocycles. The van der Waals surface area contributed by atoms with Gasteiger partial charge in [0.15, 0.2) is 0 Å². The van der Waals surface area contributed by atoms with Crippen LogP contribution in [0.1, 0.15) is 12.5 Å². The number of nitrogen functional groups attached to an aromatic ring is 1. The summed E-state index contributed by atoms with van der Waals surface area (Å²) >= 11 is 9.09. The van der Waals surface area contributed by atoms with Gasteiger partial charge in [0.25, 0.3) is 10.0 Å². The molecule has 0 aliphatic rings. The van der Waals surface area contributed by atoms with Crippen LogP contribution < -0.4 is 10.5 Å². The molecule has 112 valence electrons. The summed E-state index contributed by atoms with van der Waals surface area (Å²) in [5.41, 5.74) is 7.47. The molecule has 0 saturated heterocycles. The molecule has 3 N–H and O–H groups in total. The molecule has 2 rings (SSSR count). The maximum atomic E-state index is 12.5. The molecule has 0 amide bonds. The Hall–Kier alpha value is -1.24. The number of anilines is 2. The quantitative estimate of drug-likeness (QED) is 0.775. The molecule has 0 spiro atoms. The Kier molecular flexibility index (Phi) is 4.81. The number of hydrogen-bond acceptors (Lipinski definition) is 3. The molecule has 0 radical (unpaired) electrons. The molecular formula is C14H14BrClN2O2S. The zero-order valence-electron chi connectivity index (χ0n) is 11.2. The zero-order valence-corrected chi connectivity index (χ0v) is 14.4. The van der Waals surface area contributed by atoms with E-state index in [4.69, 9.17) is 17.3 Å². The van der Waals surface area contributed by atoms with Gasteiger partial charge < -0.3 is 5.73 Å². The van der Waals surface area contributed by atoms with Crippen molar-refractivity contribution in [3.8, 4) is 0 Å². The standard InChI is InChI=1S/C14H14BrClN2O2S/c1-2-9-5-3-4-6-12(9)18-21(19,20)13-8-10(16)7-11(17)14(13)15/h3-8,18H,2,17H2,1H3. The lowest BCUT2D eigenvalue weighted by Crippen LogP contribution is -2.15. The van der Waals surface area contributed by atoms with Crippen molar-refractivity contribution in [3.63, 3.8) is 0 Å². The highest BCUT2D eigenvalue weighted by Crippen LogP contribution is 2.33. The molecule has 0 bridgehead atoms. The van der Waals surface area contributed by atoms with Gasteiger partial charge in [-0.15, -0.1) is 0 Å². The van der Waals surface area contributed by atoms with Gasteiger partial charge in [0, 0.05) is 10.7 Å². The van der Waals surface area contributed by atoms with Crippen LogP contribution in [0.3, 0.4) is 0 Å². The van der Waals surface area contributed by atoms with E-state index in [0.717, 1.165) is 12.0 Å². The predicted octanol–water partition coefficient (Wildman–Crippen LogP) is 4.05. The maximum absolute atomic E-state index is 12.5. The van der Waals surface area contributed by atoms with Crippen molar-refractivity contribution in [1.82, 2.24) is 0 Å². The summed E-state index contributed by atoms with van der Waals surface area (Å²) < 4.78 is 28.0. The molecule has 4 nitrogen and oxygen atoms in total. The normalized spacial score (nSPS) is 11.4. The van der Waals surface area contributed by atoms with Crippen LogP contribution in [0.25, 0.3) is 0 Å². The first-order chi connectivity index (χ1) is 9.85. The predicted molar refractivity (Wildman–Crippen MR) is 90.2 cm³/mol. The second-order valence-corrected chi connectivity index (χ2v) is 7.30. The van der Waals surface area contributed by atoms with Crippen molar-refractivity contribution in [2.24, 2.45) is 0 Å². The van der Waals surface area contributed by atoms with Gasteiger partial charge in [0.05, 0.1) is 10.2 Å². The summed E-state index contributed by atoms with van der Waals surface area (Å²) in [6.45, 7) is 1.96. The second-order valence-electron chi connectivity index (χ2n) is 4.42. The minimum atomic E-state index is -3.78. The molecule has 0 fully saturated rings. The molecule has 7 heteroatoms. The second kappa shape index (κ2) is 6.25. The van der Waals surface area contributed by atoms with Crippen LogP contribution in [0.2, 0.25) is 5.02 Å². The number of para-hydroxylation sites is 1. The summed E-state index contributed by atoms with van der Waals surface area (Å²) in [5, 5.41) is 0.264. The third kappa shape index (κ3) is 3.51. The average molecular weight is 390 g/mol. The third-order valence-electron chi connectivity index (χ3n) is 2.96. The van der Waals surface area contributed by atoms with Crippen molar-refractivity contribution >= 4 is 48.9 Å². The SMILES string of the molecule is CCc1ccccc1NS(=O)(=O)c1cc(Cl)cc(N)c1Br. The topological polar surface area (TPSA) is 72.2 Å². The first-order valence-electron chi connectivity index (χ1n) is 6.20. The molecule has 0 aliphatic heterocycles. The van der Waals surface area contributed by atoms with Crippen LogP contribution in [-0.4, -0.2) is 8.42 Å². The summed E-state index contributed by atoms with van der Waals surface area (Å²) in [7, 11) is -3.78. The summed E-state index contributed by atoms with van der Waals surface area (Å²) in [6.07, 6.45) is 0.720. The number of aryl methyl sites for hydroxylation is 1. The Morgan fingerprint density at radius 1 is 1.29 bits per heavy atom. The van der Waals surface area contributed by atoms with Crippen molar-refractivity contribution in [2.45, 2.75) is 18.2 Å². The molecular weight excluding hydrogens is 376 g/mol. The molecule has 0 atom stereocenters. The van der Waals surface area contributed by atoms with Crippen molar-refractivity contribution in [3.05, 3.63) is 51.5 Å². The molecule has 2 aromatic carbocycles. The van der Waals surface area contributed by atoms with Crippen molar-refractivity contribution in [1.29, 1.82) is 0 Å². The van der Waals surface area contributed by atoms with E-state index in [9.17, 15) is 8.42 Å². The van der Waals surface area contributed by atoms with E-state index in [1.165, 1.54) is 12.1 Å². The molecule has 2 aromatic rings. The fourth-order valence-corrected chi connectivity index (χ4v) is 4.30. The minimum absolute atomic E-state index is 0.0124. The van der Waals surface area contributed by atoms with Crippen LogP contribution in [0.4, 0.5) is 11.4 Å². The smallest absolute Gasteiger partial charge is 0.263 e. The molecule has 0 unspecified atom stereocenters. The number of hydrogen-bond donors (Lipinski definition) is 2. The van der Waals surface area contributed by atoms with Crippen LogP contribution in [0, 0.1) is 0 Å². The lowest BCUT2D eigenvalue weighted by atomic mass is 10.1. The molecule has 0 aliphatic carbocycles. The fraction of sp³-hybridized carbons (Fsp3) is 0.143. The van der Waals surface area contributed by atoms with Gasteiger partial charge in [-0.1, -0.05) is 36.7 Å². The van der Waals surface area contributed by atoms with Crippen LogP contribution in [0.5, 0.6) is 0 Å². The van der Waals surface area contributed by atoms with Crippen LogP contribution in [0.15, 0.2) is 45.8 Å². The highest BCUT2D eigenvalue weighted by Gasteiger charge is 2.21. The lowest BCUT2D eigenvalue weighted by molar-refractivity contribution is 0.600. The van der Waals surface area contributed by atoms with Gasteiger partial charge in [-0.3, -0.25) is 4.72 Å². The Morgan fingerprint density at radius 3 is 2.62 bits per heavy atom. The fourth-order valence-electron chi connectivity index (χ4n) is 1.91. The van der Waals surface area contributed by atoms with Crippen LogP contribution >= 0.6 is 27.5 Å². The lowest BCUT2D eigenvalue weighted by Gasteiger charge is -2.13. The summed E-state index contributed by atoms with van der Waals surface area (Å²) in [4.78, 5) is 0.0124. The van der Waals surface area contributed by atoms with Crippen molar-refractivity contribution in [2.75, 3.05) is 10.5 Å². The van der Waals surface area contributed by atoms with Gasteiger partial charge in [-0.2, -0.15) is 0 Å². The van der Waals surface area contributed by atoms with Crippen LogP contribution in [-0.2, 0) is 16.4 Å². The van der Waals surface area contributed by atoms with Gasteiger partial charge in [0.1, 0.15) is 4.90 Å². The molecule has 0 heterocycles. The van der Waals surface area contributed by atoms with Gasteiger partial charge in [0.2, 0.25) is 0 Å². The van der Waals surface area contributed by atoms with E-state index in [2.05, 4.69) is 20.7 Å². The number of halogens is 2. The van der Waals surface area contributed by atoms with Gasteiger partial charge in [-0.25, -0.2) is 8.42 Å². The first-order valence-corrected chi connectivity index (χ1v) is 8.86. The maximum Gasteiger partial charge on any atom is 0.263 e. The Morgan fingerprint density at radius 2 is 1.95 bits per heavy atom. The number of benzene rings is 2. The van der Waals surface area contributed by atoms with E-state index in [1.54, 1.807) is 12.1 Å².